The Labute approximate surface area is 110 Å². The maximum Gasteiger partial charge on any atom is 0.347 e. The Hall–Kier alpha value is -2.18. The van der Waals surface area contributed by atoms with E-state index in [1.165, 1.54) is 21.9 Å². The molecule has 0 saturated heterocycles. The number of aromatic nitrogens is 2. The third-order valence-electron chi connectivity index (χ3n) is 2.75. The fourth-order valence-electron chi connectivity index (χ4n) is 1.84. The van der Waals surface area contributed by atoms with Crippen LogP contribution in [0.4, 0.5) is 0 Å². The van der Waals surface area contributed by atoms with Gasteiger partial charge in [-0.15, -0.1) is 0 Å². The van der Waals surface area contributed by atoms with Crippen LogP contribution in [0.5, 0.6) is 0 Å². The highest BCUT2D eigenvalue weighted by Gasteiger charge is 2.21. The quantitative estimate of drug-likeness (QED) is 0.780. The number of hydrogen-bond donors (Lipinski definition) is 1. The van der Waals surface area contributed by atoms with Crippen molar-refractivity contribution >= 4 is 11.9 Å². The highest BCUT2D eigenvalue weighted by atomic mass is 16.4. The van der Waals surface area contributed by atoms with Crippen molar-refractivity contribution in [1.82, 2.24) is 14.5 Å². The minimum atomic E-state index is -0.961. The largest absolute Gasteiger partial charge is 0.481 e. The van der Waals surface area contributed by atoms with Gasteiger partial charge in [-0.1, -0.05) is 0 Å². The Balaban J connectivity index is 2.77. The molecule has 0 aliphatic rings. The zero-order valence-corrected chi connectivity index (χ0v) is 10.9. The predicted octanol–water partition coefficient (Wildman–Crippen LogP) is -0.0450. The lowest BCUT2D eigenvalue weighted by Gasteiger charge is -2.27. The van der Waals surface area contributed by atoms with Crippen molar-refractivity contribution in [2.45, 2.75) is 32.9 Å². The Bertz CT molecular complexity index is 512. The molecule has 1 unspecified atom stereocenters. The van der Waals surface area contributed by atoms with Gasteiger partial charge in [-0.25, -0.2) is 9.78 Å². The molecule has 0 saturated carbocycles. The zero-order chi connectivity index (χ0) is 14.4. The molecule has 0 aliphatic heterocycles. The van der Waals surface area contributed by atoms with Crippen LogP contribution in [0.3, 0.4) is 0 Å². The van der Waals surface area contributed by atoms with Crippen LogP contribution in [0.1, 0.15) is 20.3 Å². The number of likely N-dealkylation sites (N-methyl/N-ethyl adjacent to an activating group) is 1. The standard InChI is InChI=1S/C12H17N3O4/c1-3-15(9(2)7-11(17)18)10(16)8-14-6-4-5-13-12(14)19/h4-6,9H,3,7-8H2,1-2H3,(H,17,18). The van der Waals surface area contributed by atoms with E-state index in [1.54, 1.807) is 19.9 Å². The van der Waals surface area contributed by atoms with Gasteiger partial charge in [0.05, 0.1) is 6.42 Å². The lowest BCUT2D eigenvalue weighted by Crippen LogP contribution is -2.42. The van der Waals surface area contributed by atoms with Crippen LogP contribution in [0.2, 0.25) is 0 Å². The molecule has 7 heteroatoms. The molecule has 1 amide bonds. The summed E-state index contributed by atoms with van der Waals surface area (Å²) in [5, 5.41) is 8.74. The van der Waals surface area contributed by atoms with Gasteiger partial charge in [-0.05, 0) is 19.9 Å². The van der Waals surface area contributed by atoms with Crippen molar-refractivity contribution in [3.05, 3.63) is 28.9 Å². The molecule has 19 heavy (non-hydrogen) atoms. The zero-order valence-electron chi connectivity index (χ0n) is 10.9. The van der Waals surface area contributed by atoms with E-state index in [-0.39, 0.29) is 18.9 Å². The van der Waals surface area contributed by atoms with Crippen LogP contribution in [0.25, 0.3) is 0 Å². The normalized spacial score (nSPS) is 11.9. The maximum absolute atomic E-state index is 12.1. The van der Waals surface area contributed by atoms with Crippen molar-refractivity contribution in [1.29, 1.82) is 0 Å². The molecule has 0 bridgehead atoms. The van der Waals surface area contributed by atoms with E-state index in [0.717, 1.165) is 0 Å². The second-order valence-corrected chi connectivity index (χ2v) is 4.16. The summed E-state index contributed by atoms with van der Waals surface area (Å²) in [5.74, 6) is -1.26. The molecule has 0 fully saturated rings. The third-order valence-corrected chi connectivity index (χ3v) is 2.75. The second kappa shape index (κ2) is 6.67. The Kier molecular flexibility index (Phi) is 5.23. The molecule has 1 aromatic heterocycles. The van der Waals surface area contributed by atoms with E-state index in [0.29, 0.717) is 6.54 Å². The number of nitrogens with zero attached hydrogens (tertiary/aromatic N) is 3. The van der Waals surface area contributed by atoms with E-state index >= 15 is 0 Å². The van der Waals surface area contributed by atoms with Crippen molar-refractivity contribution < 1.29 is 14.7 Å². The minimum Gasteiger partial charge on any atom is -0.481 e. The van der Waals surface area contributed by atoms with Crippen molar-refractivity contribution in [3.63, 3.8) is 0 Å². The first kappa shape index (κ1) is 14.9. The first-order valence-corrected chi connectivity index (χ1v) is 5.98. The van der Waals surface area contributed by atoms with Crippen LogP contribution >= 0.6 is 0 Å². The SMILES string of the molecule is CCN(C(=O)Cn1cccnc1=O)C(C)CC(=O)O. The highest BCUT2D eigenvalue weighted by molar-refractivity contribution is 5.77. The van der Waals surface area contributed by atoms with Gasteiger partial charge in [-0.3, -0.25) is 14.2 Å². The lowest BCUT2D eigenvalue weighted by molar-refractivity contribution is -0.140. The maximum atomic E-state index is 12.1. The third kappa shape index (κ3) is 4.20. The predicted molar refractivity (Wildman–Crippen MR) is 67.6 cm³/mol. The first-order chi connectivity index (χ1) is 8.95. The number of carboxylic acid groups (broad SMARTS) is 1. The molecule has 1 heterocycles. The molecule has 7 nitrogen and oxygen atoms in total. The van der Waals surface area contributed by atoms with Crippen LogP contribution in [0, 0.1) is 0 Å². The Morgan fingerprint density at radius 3 is 2.74 bits per heavy atom. The number of hydrogen-bond acceptors (Lipinski definition) is 4. The average Bonchev–Trinajstić information content (AvgIpc) is 2.32. The van der Waals surface area contributed by atoms with E-state index in [9.17, 15) is 14.4 Å². The lowest BCUT2D eigenvalue weighted by atomic mass is 10.2. The molecule has 1 aromatic rings. The number of carbonyl (C=O) groups is 2. The summed E-state index contributed by atoms with van der Waals surface area (Å²) >= 11 is 0. The minimum absolute atomic E-state index is 0.123. The Morgan fingerprint density at radius 1 is 1.53 bits per heavy atom. The van der Waals surface area contributed by atoms with Gasteiger partial charge < -0.3 is 10.0 Å². The molecule has 0 radical (unpaired) electrons. The number of carbonyl (C=O) groups excluding carboxylic acids is 1. The second-order valence-electron chi connectivity index (χ2n) is 4.16. The molecule has 1 atom stereocenters. The van der Waals surface area contributed by atoms with Crippen LogP contribution in [0.15, 0.2) is 23.3 Å². The Morgan fingerprint density at radius 2 is 2.21 bits per heavy atom. The molecular formula is C12H17N3O4. The van der Waals surface area contributed by atoms with E-state index < -0.39 is 17.7 Å². The van der Waals surface area contributed by atoms with Crippen LogP contribution in [-0.4, -0.2) is 44.0 Å². The van der Waals surface area contributed by atoms with Gasteiger partial charge in [0.15, 0.2) is 0 Å². The fraction of sp³-hybridized carbons (Fsp3) is 0.500. The fourth-order valence-corrected chi connectivity index (χ4v) is 1.84. The summed E-state index contributed by atoms with van der Waals surface area (Å²) in [7, 11) is 0. The van der Waals surface area contributed by atoms with Crippen molar-refractivity contribution in [3.8, 4) is 0 Å². The molecule has 0 aromatic carbocycles. The van der Waals surface area contributed by atoms with Crippen molar-refractivity contribution in [2.75, 3.05) is 6.54 Å². The highest BCUT2D eigenvalue weighted by Crippen LogP contribution is 2.05. The first-order valence-electron chi connectivity index (χ1n) is 5.98. The summed E-state index contributed by atoms with van der Waals surface area (Å²) in [4.78, 5) is 39.1. The summed E-state index contributed by atoms with van der Waals surface area (Å²) < 4.78 is 1.19. The topological polar surface area (TPSA) is 92.5 Å². The number of carboxylic acids is 1. The summed E-state index contributed by atoms with van der Waals surface area (Å²) in [6.45, 7) is 3.69. The van der Waals surface area contributed by atoms with Gasteiger partial charge in [0.25, 0.3) is 0 Å². The summed E-state index contributed by atoms with van der Waals surface area (Å²) in [5.41, 5.74) is -0.502. The molecule has 1 N–H and O–H groups in total. The molecule has 0 aliphatic carbocycles. The van der Waals surface area contributed by atoms with Gasteiger partial charge in [0.2, 0.25) is 5.91 Å². The van der Waals surface area contributed by atoms with Crippen LogP contribution < -0.4 is 5.69 Å². The number of rotatable bonds is 6. The average molecular weight is 267 g/mol. The van der Waals surface area contributed by atoms with Gasteiger partial charge >= 0.3 is 11.7 Å². The van der Waals surface area contributed by atoms with Crippen LogP contribution in [-0.2, 0) is 16.1 Å². The number of aliphatic carboxylic acids is 1. The van der Waals surface area contributed by atoms with Crippen molar-refractivity contribution in [2.24, 2.45) is 0 Å². The molecule has 0 spiro atoms. The molecule has 1 rings (SSSR count). The number of amides is 1. The molecule has 104 valence electrons. The molecular weight excluding hydrogens is 250 g/mol. The van der Waals surface area contributed by atoms with E-state index in [1.807, 2.05) is 0 Å². The van der Waals surface area contributed by atoms with Gasteiger partial charge in [0.1, 0.15) is 6.54 Å². The monoisotopic (exact) mass is 267 g/mol. The van der Waals surface area contributed by atoms with E-state index in [4.69, 9.17) is 5.11 Å². The van der Waals surface area contributed by atoms with Gasteiger partial charge in [0, 0.05) is 25.0 Å². The summed E-state index contributed by atoms with van der Waals surface area (Å²) in [6.07, 6.45) is 2.71. The van der Waals surface area contributed by atoms with Gasteiger partial charge in [-0.2, -0.15) is 0 Å². The smallest absolute Gasteiger partial charge is 0.347 e. The summed E-state index contributed by atoms with van der Waals surface area (Å²) in [6, 6.07) is 1.15. The van der Waals surface area contributed by atoms with E-state index in [2.05, 4.69) is 4.98 Å².